The fraction of sp³-hybridized carbons (Fsp3) is 0.682. The summed E-state index contributed by atoms with van der Waals surface area (Å²) in [6, 6.07) is 5.21. The van der Waals surface area contributed by atoms with E-state index in [9.17, 15) is 4.39 Å². The van der Waals surface area contributed by atoms with E-state index in [-0.39, 0.29) is 5.82 Å². The average Bonchev–Trinajstić information content (AvgIpc) is 3.50. The highest BCUT2D eigenvalue weighted by atomic mass is 19.1. The number of hydrogen-bond donors (Lipinski definition) is 1. The van der Waals surface area contributed by atoms with Crippen molar-refractivity contribution in [3.63, 3.8) is 0 Å². The van der Waals surface area contributed by atoms with Crippen LogP contribution in [0.2, 0.25) is 0 Å². The maximum atomic E-state index is 13.9. The minimum absolute atomic E-state index is 0.295. The van der Waals surface area contributed by atoms with E-state index in [1.54, 1.807) is 12.1 Å². The highest BCUT2D eigenvalue weighted by Crippen LogP contribution is 2.48. The van der Waals surface area contributed by atoms with Gasteiger partial charge in [-0.25, -0.2) is 4.39 Å². The molecule has 29 heavy (non-hydrogen) atoms. The monoisotopic (exact) mass is 406 g/mol. The third-order valence-electron chi connectivity index (χ3n) is 6.07. The van der Waals surface area contributed by atoms with E-state index in [4.69, 9.17) is 9.47 Å². The maximum Gasteiger partial charge on any atom is 0.193 e. The van der Waals surface area contributed by atoms with E-state index in [1.165, 1.54) is 20.0 Å². The highest BCUT2D eigenvalue weighted by molar-refractivity contribution is 5.80. The molecule has 162 valence electrons. The Kier molecular flexibility index (Phi) is 7.72. The van der Waals surface area contributed by atoms with Gasteiger partial charge in [0.2, 0.25) is 0 Å². The molecule has 1 aliphatic heterocycles. The van der Waals surface area contributed by atoms with E-state index in [0.717, 1.165) is 70.4 Å². The van der Waals surface area contributed by atoms with Gasteiger partial charge in [-0.05, 0) is 49.3 Å². The number of rotatable bonds is 9. The first kappa shape index (κ1) is 21.8. The summed E-state index contributed by atoms with van der Waals surface area (Å²) in [4.78, 5) is 9.18. The van der Waals surface area contributed by atoms with Crippen molar-refractivity contribution in [1.29, 1.82) is 0 Å². The molecule has 2 fully saturated rings. The van der Waals surface area contributed by atoms with E-state index in [2.05, 4.69) is 20.1 Å². The van der Waals surface area contributed by atoms with Gasteiger partial charge < -0.3 is 19.7 Å². The Labute approximate surface area is 174 Å². The Bertz CT molecular complexity index is 685. The van der Waals surface area contributed by atoms with Crippen LogP contribution in [0.1, 0.15) is 31.7 Å². The van der Waals surface area contributed by atoms with Crippen molar-refractivity contribution in [1.82, 2.24) is 15.1 Å². The van der Waals surface area contributed by atoms with E-state index < -0.39 is 0 Å². The molecule has 1 aromatic carbocycles. The Hall–Kier alpha value is -1.86. The largest absolute Gasteiger partial charge is 0.494 e. The van der Waals surface area contributed by atoms with Crippen molar-refractivity contribution in [3.05, 3.63) is 29.6 Å². The van der Waals surface area contributed by atoms with Crippen LogP contribution in [-0.2, 0) is 11.3 Å². The van der Waals surface area contributed by atoms with Crippen LogP contribution < -0.4 is 10.1 Å². The average molecular weight is 407 g/mol. The van der Waals surface area contributed by atoms with E-state index in [1.807, 2.05) is 20.0 Å². The van der Waals surface area contributed by atoms with Crippen molar-refractivity contribution >= 4 is 5.96 Å². The van der Waals surface area contributed by atoms with Crippen molar-refractivity contribution < 1.29 is 13.9 Å². The molecule has 0 radical (unpaired) electrons. The number of nitrogens with zero attached hydrogens (tertiary/aromatic N) is 3. The molecule has 0 spiro atoms. The van der Waals surface area contributed by atoms with Gasteiger partial charge in [0.25, 0.3) is 0 Å². The van der Waals surface area contributed by atoms with Crippen LogP contribution in [0, 0.1) is 11.2 Å². The van der Waals surface area contributed by atoms with Gasteiger partial charge in [0.15, 0.2) is 17.5 Å². The van der Waals surface area contributed by atoms with Gasteiger partial charge in [0.1, 0.15) is 0 Å². The standard InChI is InChI=1S/C22H35FN4O2/c1-4-29-14-9-22(7-8-22)17-25-21(24-2)27-12-10-26(11-13-27)16-18-5-6-20(28-3)19(23)15-18/h5-6,15H,4,7-14,16-17H2,1-3H3,(H,24,25). The summed E-state index contributed by atoms with van der Waals surface area (Å²) in [5.41, 5.74) is 1.37. The topological polar surface area (TPSA) is 49.3 Å². The van der Waals surface area contributed by atoms with Crippen molar-refractivity contribution in [3.8, 4) is 5.75 Å². The zero-order valence-corrected chi connectivity index (χ0v) is 18.0. The Balaban J connectivity index is 1.43. The van der Waals surface area contributed by atoms with Crippen molar-refractivity contribution in [2.75, 3.05) is 60.1 Å². The van der Waals surface area contributed by atoms with Crippen LogP contribution in [-0.4, -0.2) is 75.9 Å². The number of hydrogen-bond acceptors (Lipinski definition) is 4. The summed E-state index contributed by atoms with van der Waals surface area (Å²) in [5.74, 6) is 0.984. The maximum absolute atomic E-state index is 13.9. The second kappa shape index (κ2) is 10.3. The molecule has 3 rings (SSSR count). The second-order valence-electron chi connectivity index (χ2n) is 8.08. The van der Waals surface area contributed by atoms with Crippen molar-refractivity contribution in [2.24, 2.45) is 10.4 Å². The number of methoxy groups -OCH3 is 1. The zero-order chi connectivity index (χ0) is 20.7. The fourth-order valence-electron chi connectivity index (χ4n) is 3.91. The predicted molar refractivity (Wildman–Crippen MR) is 114 cm³/mol. The van der Waals surface area contributed by atoms with Crippen molar-refractivity contribution in [2.45, 2.75) is 32.7 Å². The SMILES string of the molecule is CCOCCC1(CNC(=NC)N2CCN(Cc3ccc(OC)c(F)c3)CC2)CC1. The lowest BCUT2D eigenvalue weighted by atomic mass is 10.0. The predicted octanol–water partition coefficient (Wildman–Crippen LogP) is 2.73. The van der Waals surface area contributed by atoms with Crippen LogP contribution in [0.25, 0.3) is 0 Å². The molecule has 7 heteroatoms. The summed E-state index contributed by atoms with van der Waals surface area (Å²) in [6.45, 7) is 9.12. The summed E-state index contributed by atoms with van der Waals surface area (Å²) in [5, 5.41) is 3.59. The zero-order valence-electron chi connectivity index (χ0n) is 18.0. The van der Waals surface area contributed by atoms with Gasteiger partial charge in [-0.15, -0.1) is 0 Å². The molecule has 6 nitrogen and oxygen atoms in total. The summed E-state index contributed by atoms with van der Waals surface area (Å²) in [7, 11) is 3.34. The smallest absolute Gasteiger partial charge is 0.193 e. The van der Waals surface area contributed by atoms with Gasteiger partial charge in [-0.3, -0.25) is 9.89 Å². The Morgan fingerprint density at radius 3 is 2.59 bits per heavy atom. The first-order valence-corrected chi connectivity index (χ1v) is 10.7. The lowest BCUT2D eigenvalue weighted by Crippen LogP contribution is -2.52. The summed E-state index contributed by atoms with van der Waals surface area (Å²) >= 11 is 0. The Morgan fingerprint density at radius 1 is 1.24 bits per heavy atom. The van der Waals surface area contributed by atoms with Gasteiger partial charge in [-0.1, -0.05) is 6.07 Å². The number of nitrogens with one attached hydrogen (secondary N) is 1. The van der Waals surface area contributed by atoms with Crippen LogP contribution >= 0.6 is 0 Å². The van der Waals surface area contributed by atoms with Crippen LogP contribution in [0.5, 0.6) is 5.75 Å². The molecule has 1 saturated heterocycles. The van der Waals surface area contributed by atoms with Gasteiger partial charge in [0, 0.05) is 59.5 Å². The number of halogens is 1. The quantitative estimate of drug-likeness (QED) is 0.388. The van der Waals surface area contributed by atoms with Gasteiger partial charge >= 0.3 is 0 Å². The number of benzene rings is 1. The molecule has 1 aromatic rings. The molecule has 0 aromatic heterocycles. The molecule has 0 atom stereocenters. The molecule has 0 amide bonds. The number of piperazine rings is 1. The molecular weight excluding hydrogens is 371 g/mol. The minimum atomic E-state index is -0.299. The lowest BCUT2D eigenvalue weighted by molar-refractivity contribution is 0.128. The lowest BCUT2D eigenvalue weighted by Gasteiger charge is -2.37. The van der Waals surface area contributed by atoms with E-state index in [0.29, 0.717) is 11.2 Å². The first-order chi connectivity index (χ1) is 14.1. The molecule has 1 N–H and O–H groups in total. The minimum Gasteiger partial charge on any atom is -0.494 e. The molecular formula is C22H35FN4O2. The van der Waals surface area contributed by atoms with Crippen LogP contribution in [0.15, 0.2) is 23.2 Å². The van der Waals surface area contributed by atoms with Crippen LogP contribution in [0.3, 0.4) is 0 Å². The molecule has 1 aliphatic carbocycles. The summed E-state index contributed by atoms with van der Waals surface area (Å²) < 4.78 is 24.5. The van der Waals surface area contributed by atoms with Gasteiger partial charge in [-0.2, -0.15) is 0 Å². The van der Waals surface area contributed by atoms with Crippen LogP contribution in [0.4, 0.5) is 4.39 Å². The van der Waals surface area contributed by atoms with Gasteiger partial charge in [0.05, 0.1) is 7.11 Å². The third-order valence-corrected chi connectivity index (χ3v) is 6.07. The van der Waals surface area contributed by atoms with E-state index >= 15 is 0 Å². The number of guanidine groups is 1. The summed E-state index contributed by atoms with van der Waals surface area (Å²) in [6.07, 6.45) is 3.67. The fourth-order valence-corrected chi connectivity index (χ4v) is 3.91. The Morgan fingerprint density at radius 2 is 2.00 bits per heavy atom. The second-order valence-corrected chi connectivity index (χ2v) is 8.08. The normalized spacial score (nSPS) is 19.3. The molecule has 1 saturated carbocycles. The molecule has 1 heterocycles. The third kappa shape index (κ3) is 6.06. The number of ether oxygens (including phenoxy) is 2. The first-order valence-electron chi connectivity index (χ1n) is 10.7. The molecule has 2 aliphatic rings. The highest BCUT2D eigenvalue weighted by Gasteiger charge is 2.42. The molecule has 0 unspecified atom stereocenters. The molecule has 0 bridgehead atoms. The number of aliphatic imine (C=N–C) groups is 1.